The number of nitrogens with zero attached hydrogens (tertiary/aromatic N) is 1. The zero-order chi connectivity index (χ0) is 9.84. The van der Waals surface area contributed by atoms with E-state index in [4.69, 9.17) is 5.21 Å². The average molecular weight is 184 g/mol. The number of hydrogen-bond donors (Lipinski definition) is 2. The van der Waals surface area contributed by atoms with E-state index in [1.807, 2.05) is 0 Å². The molecule has 0 atom stereocenters. The van der Waals surface area contributed by atoms with Crippen LogP contribution in [0.1, 0.15) is 0 Å². The Bertz CT molecular complexity index is 298. The van der Waals surface area contributed by atoms with Gasteiger partial charge in [0.05, 0.1) is 0 Å². The van der Waals surface area contributed by atoms with E-state index < -0.39 is 6.03 Å². The van der Waals surface area contributed by atoms with Gasteiger partial charge in [-0.05, 0) is 24.3 Å². The molecule has 0 aliphatic heterocycles. The highest BCUT2D eigenvalue weighted by Gasteiger charge is 2.04. The summed E-state index contributed by atoms with van der Waals surface area (Å²) >= 11 is 0. The first-order chi connectivity index (χ1) is 6.09. The molecule has 0 bridgehead atoms. The van der Waals surface area contributed by atoms with Crippen LogP contribution in [0.3, 0.4) is 0 Å². The fourth-order valence-electron chi connectivity index (χ4n) is 0.738. The number of amides is 2. The van der Waals surface area contributed by atoms with Crippen LogP contribution in [0.5, 0.6) is 0 Å². The SMILES string of the molecule is CN(O)C(=O)Nc1ccc(F)cc1. The molecule has 1 rings (SSSR count). The number of urea groups is 1. The molecule has 0 fully saturated rings. The van der Waals surface area contributed by atoms with E-state index >= 15 is 0 Å². The quantitative estimate of drug-likeness (QED) is 0.515. The number of benzene rings is 1. The lowest BCUT2D eigenvalue weighted by atomic mass is 10.3. The van der Waals surface area contributed by atoms with Crippen LogP contribution in [-0.4, -0.2) is 23.3 Å². The van der Waals surface area contributed by atoms with Gasteiger partial charge in [-0.15, -0.1) is 0 Å². The van der Waals surface area contributed by atoms with Crippen molar-refractivity contribution in [3.63, 3.8) is 0 Å². The van der Waals surface area contributed by atoms with Gasteiger partial charge in [-0.25, -0.2) is 14.2 Å². The molecule has 0 unspecified atom stereocenters. The van der Waals surface area contributed by atoms with E-state index in [-0.39, 0.29) is 5.82 Å². The largest absolute Gasteiger partial charge is 0.345 e. The second kappa shape index (κ2) is 3.86. The lowest BCUT2D eigenvalue weighted by Crippen LogP contribution is -2.27. The molecule has 2 amide bonds. The zero-order valence-electron chi connectivity index (χ0n) is 6.99. The number of carbonyl (C=O) groups excluding carboxylic acids is 1. The second-order valence-electron chi connectivity index (χ2n) is 2.46. The lowest BCUT2D eigenvalue weighted by molar-refractivity contribution is -0.0118. The van der Waals surface area contributed by atoms with Gasteiger partial charge in [-0.1, -0.05) is 0 Å². The standard InChI is InChI=1S/C8H9FN2O2/c1-11(13)8(12)10-7-4-2-6(9)3-5-7/h2-5,13H,1H3,(H,10,12). The van der Waals surface area contributed by atoms with Crippen LogP contribution in [0.15, 0.2) is 24.3 Å². The van der Waals surface area contributed by atoms with Crippen molar-refractivity contribution >= 4 is 11.7 Å². The summed E-state index contributed by atoms with van der Waals surface area (Å²) in [6.45, 7) is 0. The van der Waals surface area contributed by atoms with Crippen molar-refractivity contribution in [2.45, 2.75) is 0 Å². The van der Waals surface area contributed by atoms with E-state index in [0.29, 0.717) is 10.8 Å². The van der Waals surface area contributed by atoms with Crippen LogP contribution in [-0.2, 0) is 0 Å². The number of hydroxylamine groups is 2. The molecular formula is C8H9FN2O2. The minimum atomic E-state index is -0.674. The molecule has 0 saturated carbocycles. The molecule has 2 N–H and O–H groups in total. The van der Waals surface area contributed by atoms with Gasteiger partial charge >= 0.3 is 6.03 Å². The smallest absolute Gasteiger partial charge is 0.306 e. The third-order valence-electron chi connectivity index (χ3n) is 1.39. The molecule has 0 aliphatic carbocycles. The molecule has 5 heteroatoms. The fraction of sp³-hybridized carbons (Fsp3) is 0.125. The summed E-state index contributed by atoms with van der Waals surface area (Å²) in [7, 11) is 1.19. The number of anilines is 1. The predicted molar refractivity (Wildman–Crippen MR) is 45.0 cm³/mol. The molecule has 0 aromatic heterocycles. The van der Waals surface area contributed by atoms with Gasteiger partial charge in [0.25, 0.3) is 0 Å². The Balaban J connectivity index is 2.65. The Kier molecular flexibility index (Phi) is 2.81. The molecular weight excluding hydrogens is 175 g/mol. The van der Waals surface area contributed by atoms with Gasteiger partial charge in [0.15, 0.2) is 0 Å². The average Bonchev–Trinajstić information content (AvgIpc) is 2.08. The number of halogens is 1. The first-order valence-corrected chi connectivity index (χ1v) is 3.59. The third-order valence-corrected chi connectivity index (χ3v) is 1.39. The molecule has 1 aromatic rings. The highest BCUT2D eigenvalue weighted by atomic mass is 19.1. The minimum Gasteiger partial charge on any atom is -0.306 e. The number of carbonyl (C=O) groups is 1. The highest BCUT2D eigenvalue weighted by Crippen LogP contribution is 2.08. The second-order valence-corrected chi connectivity index (χ2v) is 2.46. The Morgan fingerprint density at radius 1 is 1.46 bits per heavy atom. The van der Waals surface area contributed by atoms with Crippen molar-refractivity contribution in [1.29, 1.82) is 0 Å². The summed E-state index contributed by atoms with van der Waals surface area (Å²) < 4.78 is 12.4. The van der Waals surface area contributed by atoms with Crippen LogP contribution in [0, 0.1) is 5.82 Å². The Hall–Kier alpha value is -1.62. The van der Waals surface area contributed by atoms with Gasteiger partial charge in [0.1, 0.15) is 5.82 Å². The van der Waals surface area contributed by atoms with Crippen molar-refractivity contribution in [2.24, 2.45) is 0 Å². The first kappa shape index (κ1) is 9.47. The lowest BCUT2D eigenvalue weighted by Gasteiger charge is -2.09. The highest BCUT2D eigenvalue weighted by molar-refractivity contribution is 5.88. The van der Waals surface area contributed by atoms with Gasteiger partial charge in [0, 0.05) is 12.7 Å². The van der Waals surface area contributed by atoms with E-state index in [9.17, 15) is 9.18 Å². The summed E-state index contributed by atoms with van der Waals surface area (Å²) in [5.74, 6) is -0.379. The van der Waals surface area contributed by atoms with Gasteiger partial charge in [-0.2, -0.15) is 0 Å². The Morgan fingerprint density at radius 3 is 2.46 bits per heavy atom. The first-order valence-electron chi connectivity index (χ1n) is 3.59. The van der Waals surface area contributed by atoms with E-state index in [0.717, 1.165) is 0 Å². The molecule has 13 heavy (non-hydrogen) atoms. The molecule has 0 aliphatic rings. The molecule has 0 spiro atoms. The fourth-order valence-corrected chi connectivity index (χ4v) is 0.738. The number of nitrogens with one attached hydrogen (secondary N) is 1. The number of rotatable bonds is 1. The summed E-state index contributed by atoms with van der Waals surface area (Å²) in [6.07, 6.45) is 0. The molecule has 70 valence electrons. The van der Waals surface area contributed by atoms with Crippen LogP contribution >= 0.6 is 0 Å². The maximum Gasteiger partial charge on any atom is 0.345 e. The number of hydrogen-bond acceptors (Lipinski definition) is 2. The molecule has 0 heterocycles. The van der Waals surface area contributed by atoms with Crippen molar-refractivity contribution in [3.8, 4) is 0 Å². The normalized spacial score (nSPS) is 9.46. The van der Waals surface area contributed by atoms with Gasteiger partial charge in [0.2, 0.25) is 0 Å². The third kappa shape index (κ3) is 2.72. The van der Waals surface area contributed by atoms with Crippen LogP contribution in [0.4, 0.5) is 14.9 Å². The van der Waals surface area contributed by atoms with Crippen LogP contribution in [0.25, 0.3) is 0 Å². The maximum atomic E-state index is 12.4. The van der Waals surface area contributed by atoms with E-state index in [1.54, 1.807) is 0 Å². The maximum absolute atomic E-state index is 12.4. The van der Waals surface area contributed by atoms with E-state index in [2.05, 4.69) is 5.32 Å². The molecule has 4 nitrogen and oxygen atoms in total. The zero-order valence-corrected chi connectivity index (χ0v) is 6.99. The summed E-state index contributed by atoms with van der Waals surface area (Å²) in [6, 6.07) is 4.56. The summed E-state index contributed by atoms with van der Waals surface area (Å²) in [5, 5.41) is 11.4. The van der Waals surface area contributed by atoms with E-state index in [1.165, 1.54) is 31.3 Å². The summed E-state index contributed by atoms with van der Waals surface area (Å²) in [4.78, 5) is 10.9. The van der Waals surface area contributed by atoms with Crippen molar-refractivity contribution in [2.75, 3.05) is 12.4 Å². The molecule has 1 aromatic carbocycles. The van der Waals surface area contributed by atoms with Crippen molar-refractivity contribution < 1.29 is 14.4 Å². The van der Waals surface area contributed by atoms with Crippen molar-refractivity contribution in [1.82, 2.24) is 5.06 Å². The van der Waals surface area contributed by atoms with Crippen LogP contribution in [0.2, 0.25) is 0 Å². The van der Waals surface area contributed by atoms with Gasteiger partial charge < -0.3 is 5.32 Å². The van der Waals surface area contributed by atoms with Crippen LogP contribution < -0.4 is 5.32 Å². The predicted octanol–water partition coefficient (Wildman–Crippen LogP) is 1.68. The van der Waals surface area contributed by atoms with Crippen molar-refractivity contribution in [3.05, 3.63) is 30.1 Å². The Labute approximate surface area is 74.5 Å². The topological polar surface area (TPSA) is 52.6 Å². The monoisotopic (exact) mass is 184 g/mol. The Morgan fingerprint density at radius 2 is 2.00 bits per heavy atom. The minimum absolute atomic E-state index is 0.379. The summed E-state index contributed by atoms with van der Waals surface area (Å²) in [5.41, 5.74) is 0.423. The van der Waals surface area contributed by atoms with Gasteiger partial charge in [-0.3, -0.25) is 5.21 Å². The molecule has 0 radical (unpaired) electrons. The molecule has 0 saturated heterocycles.